The molecule has 0 aliphatic carbocycles. The van der Waals surface area contributed by atoms with Gasteiger partial charge in [0.25, 0.3) is 5.91 Å². The highest BCUT2D eigenvalue weighted by molar-refractivity contribution is 6.11. The Labute approximate surface area is 209 Å². The minimum Gasteiger partial charge on any atom is -0.491 e. The fourth-order valence-electron chi connectivity index (χ4n) is 4.02. The maximum Gasteiger partial charge on any atom is 0.306 e. The van der Waals surface area contributed by atoms with Crippen LogP contribution >= 0.6 is 0 Å². The van der Waals surface area contributed by atoms with Crippen LogP contribution < -0.4 is 15.4 Å². The molecule has 8 heteroatoms. The van der Waals surface area contributed by atoms with E-state index in [4.69, 9.17) is 10.1 Å². The third-order valence-corrected chi connectivity index (χ3v) is 6.01. The minimum absolute atomic E-state index is 0.0342. The van der Waals surface area contributed by atoms with Crippen LogP contribution in [0.2, 0.25) is 0 Å². The second-order valence-electron chi connectivity index (χ2n) is 8.53. The zero-order valence-corrected chi connectivity index (χ0v) is 19.8. The zero-order valence-electron chi connectivity index (χ0n) is 19.8. The molecule has 0 radical (unpaired) electrons. The molecule has 1 aliphatic heterocycles. The van der Waals surface area contributed by atoms with Crippen LogP contribution in [-0.2, 0) is 14.3 Å². The normalized spacial score (nSPS) is 16.6. The number of ether oxygens (including phenoxy) is 2. The summed E-state index contributed by atoms with van der Waals surface area (Å²) in [7, 11) is 1.31. The molecule has 36 heavy (non-hydrogen) atoms. The van der Waals surface area contributed by atoms with Crippen LogP contribution in [0.5, 0.6) is 5.75 Å². The first kappa shape index (κ1) is 24.7. The Morgan fingerprint density at radius 3 is 2.22 bits per heavy atom. The van der Waals surface area contributed by atoms with Gasteiger partial charge in [-0.2, -0.15) is 0 Å². The molecule has 1 heterocycles. The summed E-state index contributed by atoms with van der Waals surface area (Å²) in [5, 5.41) is 13.7. The lowest BCUT2D eigenvalue weighted by Crippen LogP contribution is -2.31. The third kappa shape index (κ3) is 6.15. The standard InChI is InChI=1S/C28H27N3O5/c1-35-25(32)16-22-15-23(30-28(22)34)17-36-24-13-11-19(12-14-24)18-7-9-20(10-8-18)26(29)31-27(33)21-5-3-2-4-6-21/h2-14,22-23H,15-17H2,1H3,(H,30,34)(H2,29,31,33)/t22-,23-/m0/s1. The van der Waals surface area contributed by atoms with E-state index < -0.39 is 5.97 Å². The van der Waals surface area contributed by atoms with Gasteiger partial charge in [0.1, 0.15) is 18.2 Å². The summed E-state index contributed by atoms with van der Waals surface area (Å²) < 4.78 is 10.5. The van der Waals surface area contributed by atoms with Gasteiger partial charge in [-0.15, -0.1) is 0 Å². The highest BCUT2D eigenvalue weighted by Crippen LogP contribution is 2.24. The van der Waals surface area contributed by atoms with Crippen LogP contribution in [0.1, 0.15) is 28.8 Å². The molecule has 8 nitrogen and oxygen atoms in total. The molecule has 3 N–H and O–H groups in total. The van der Waals surface area contributed by atoms with Gasteiger partial charge in [-0.25, -0.2) is 0 Å². The summed E-state index contributed by atoms with van der Waals surface area (Å²) in [4.78, 5) is 35.7. The van der Waals surface area contributed by atoms with Crippen molar-refractivity contribution in [2.75, 3.05) is 13.7 Å². The SMILES string of the molecule is COC(=O)C[C@@H]1C[C@@H](COc2ccc(-c3ccc(C(=N)NC(=O)c4ccccc4)cc3)cc2)NC1=O. The molecule has 0 unspecified atom stereocenters. The number of amidine groups is 1. The van der Waals surface area contributed by atoms with Gasteiger partial charge < -0.3 is 20.1 Å². The topological polar surface area (TPSA) is 118 Å². The summed E-state index contributed by atoms with van der Waals surface area (Å²) >= 11 is 0. The lowest BCUT2D eigenvalue weighted by Gasteiger charge is -2.13. The number of hydrogen-bond donors (Lipinski definition) is 3. The Hall–Kier alpha value is -4.46. The maximum atomic E-state index is 12.3. The van der Waals surface area contributed by atoms with Crippen molar-refractivity contribution in [2.45, 2.75) is 18.9 Å². The largest absolute Gasteiger partial charge is 0.491 e. The van der Waals surface area contributed by atoms with Crippen molar-refractivity contribution in [1.82, 2.24) is 10.6 Å². The van der Waals surface area contributed by atoms with Crippen LogP contribution in [0, 0.1) is 11.3 Å². The number of rotatable bonds is 8. The van der Waals surface area contributed by atoms with E-state index in [1.165, 1.54) is 7.11 Å². The second-order valence-corrected chi connectivity index (χ2v) is 8.53. The summed E-state index contributed by atoms with van der Waals surface area (Å²) in [6, 6.07) is 23.6. The van der Waals surface area contributed by atoms with Gasteiger partial charge >= 0.3 is 5.97 Å². The van der Waals surface area contributed by atoms with Crippen LogP contribution in [-0.4, -0.2) is 43.4 Å². The first-order valence-corrected chi connectivity index (χ1v) is 11.6. The van der Waals surface area contributed by atoms with Crippen molar-refractivity contribution in [3.63, 3.8) is 0 Å². The third-order valence-electron chi connectivity index (χ3n) is 6.01. The average Bonchev–Trinajstić information content (AvgIpc) is 3.26. The van der Waals surface area contributed by atoms with Crippen molar-refractivity contribution in [2.24, 2.45) is 5.92 Å². The van der Waals surface area contributed by atoms with E-state index in [2.05, 4.69) is 15.4 Å². The van der Waals surface area contributed by atoms with Crippen LogP contribution in [0.3, 0.4) is 0 Å². The Morgan fingerprint density at radius 2 is 1.58 bits per heavy atom. The van der Waals surface area contributed by atoms with E-state index in [9.17, 15) is 14.4 Å². The first-order valence-electron chi connectivity index (χ1n) is 11.6. The van der Waals surface area contributed by atoms with Gasteiger partial charge in [-0.1, -0.05) is 54.6 Å². The number of methoxy groups -OCH3 is 1. The van der Waals surface area contributed by atoms with Crippen molar-refractivity contribution in [3.8, 4) is 16.9 Å². The van der Waals surface area contributed by atoms with Gasteiger partial charge in [0, 0.05) is 11.1 Å². The van der Waals surface area contributed by atoms with Gasteiger partial charge in [-0.3, -0.25) is 19.8 Å². The number of nitrogens with one attached hydrogen (secondary N) is 3. The Morgan fingerprint density at radius 1 is 0.944 bits per heavy atom. The van der Waals surface area contributed by atoms with Gasteiger partial charge in [0.05, 0.1) is 25.5 Å². The van der Waals surface area contributed by atoms with Crippen LogP contribution in [0.25, 0.3) is 11.1 Å². The monoisotopic (exact) mass is 485 g/mol. The Kier molecular flexibility index (Phi) is 7.75. The molecule has 0 saturated carbocycles. The highest BCUT2D eigenvalue weighted by Gasteiger charge is 2.34. The highest BCUT2D eigenvalue weighted by atomic mass is 16.5. The minimum atomic E-state index is -0.394. The smallest absolute Gasteiger partial charge is 0.306 e. The van der Waals surface area contributed by atoms with E-state index in [0.717, 1.165) is 11.1 Å². The molecule has 1 saturated heterocycles. The molecule has 2 atom stereocenters. The molecule has 3 aromatic rings. The first-order chi connectivity index (χ1) is 17.4. The Bertz CT molecular complexity index is 1240. The van der Waals surface area contributed by atoms with E-state index in [1.807, 2.05) is 42.5 Å². The molecule has 1 aliphatic rings. The lowest BCUT2D eigenvalue weighted by molar-refractivity contribution is -0.143. The molecule has 4 rings (SSSR count). The molecule has 0 spiro atoms. The van der Waals surface area contributed by atoms with E-state index in [-0.39, 0.29) is 36.0 Å². The van der Waals surface area contributed by atoms with Crippen LogP contribution in [0.4, 0.5) is 0 Å². The summed E-state index contributed by atoms with van der Waals surface area (Å²) in [6.07, 6.45) is 0.602. The lowest BCUT2D eigenvalue weighted by atomic mass is 10.0. The van der Waals surface area contributed by atoms with Crippen molar-refractivity contribution >= 4 is 23.6 Å². The molecule has 0 aromatic heterocycles. The molecular weight excluding hydrogens is 458 g/mol. The summed E-state index contributed by atoms with van der Waals surface area (Å²) in [5.74, 6) is -0.547. The maximum absolute atomic E-state index is 12.3. The van der Waals surface area contributed by atoms with Crippen LogP contribution in [0.15, 0.2) is 78.9 Å². The van der Waals surface area contributed by atoms with Gasteiger partial charge in [0.2, 0.25) is 5.91 Å². The quantitative estimate of drug-likeness (QED) is 0.256. The second kappa shape index (κ2) is 11.3. The number of carbonyl (C=O) groups is 3. The summed E-state index contributed by atoms with van der Waals surface area (Å²) in [6.45, 7) is 0.314. The Balaban J connectivity index is 1.29. The van der Waals surface area contributed by atoms with Crippen molar-refractivity contribution in [1.29, 1.82) is 5.41 Å². The van der Waals surface area contributed by atoms with E-state index >= 15 is 0 Å². The number of esters is 1. The number of amides is 2. The number of hydrogen-bond acceptors (Lipinski definition) is 6. The van der Waals surface area contributed by atoms with Gasteiger partial charge in [0.15, 0.2) is 0 Å². The van der Waals surface area contributed by atoms with Crippen molar-refractivity contribution < 1.29 is 23.9 Å². The molecule has 2 amide bonds. The molecule has 184 valence electrons. The predicted octanol–water partition coefficient (Wildman–Crippen LogP) is 3.56. The number of benzene rings is 3. The van der Waals surface area contributed by atoms with E-state index in [0.29, 0.717) is 29.9 Å². The van der Waals surface area contributed by atoms with Gasteiger partial charge in [-0.05, 0) is 41.8 Å². The molecule has 1 fully saturated rings. The fraction of sp³-hybridized carbons (Fsp3) is 0.214. The van der Waals surface area contributed by atoms with E-state index in [1.54, 1.807) is 36.4 Å². The summed E-state index contributed by atoms with van der Waals surface area (Å²) in [5.41, 5.74) is 3.03. The molecule has 0 bridgehead atoms. The fourth-order valence-corrected chi connectivity index (χ4v) is 4.02. The number of carbonyl (C=O) groups excluding carboxylic acids is 3. The molecular formula is C28H27N3O5. The molecule has 3 aromatic carbocycles. The van der Waals surface area contributed by atoms with Crippen molar-refractivity contribution in [3.05, 3.63) is 90.0 Å². The zero-order chi connectivity index (χ0) is 25.5. The predicted molar refractivity (Wildman–Crippen MR) is 135 cm³/mol. The average molecular weight is 486 g/mol.